The monoisotopic (exact) mass is 344 g/mol. The smallest absolute Gasteiger partial charge is 0.259 e. The van der Waals surface area contributed by atoms with E-state index < -0.39 is 27.6 Å². The van der Waals surface area contributed by atoms with E-state index in [9.17, 15) is 22.8 Å². The first-order chi connectivity index (χ1) is 11.3. The molecule has 0 spiro atoms. The molecule has 0 saturated carbocycles. The molecule has 0 unspecified atom stereocenters. The second-order valence-corrected chi connectivity index (χ2v) is 7.25. The summed E-state index contributed by atoms with van der Waals surface area (Å²) in [7, 11) is -3.57. The van der Waals surface area contributed by atoms with E-state index in [2.05, 4.69) is 10.6 Å². The molecule has 2 aromatic carbocycles. The molecule has 3 rings (SSSR count). The third-order valence-corrected chi connectivity index (χ3v) is 4.68. The number of carbonyl (C=O) groups excluding carboxylic acids is 3. The van der Waals surface area contributed by atoms with Gasteiger partial charge in [-0.25, -0.2) is 8.42 Å². The zero-order valence-electron chi connectivity index (χ0n) is 12.5. The SMILES string of the molecule is CS(=O)(=O)c1ccccc1C(=O)Nc1ccc2c(c1)C(=O)NC2=O. The highest BCUT2D eigenvalue weighted by Gasteiger charge is 2.27. The summed E-state index contributed by atoms with van der Waals surface area (Å²) < 4.78 is 23.5. The second-order valence-electron chi connectivity index (χ2n) is 5.27. The first-order valence-corrected chi connectivity index (χ1v) is 8.76. The molecule has 0 saturated heterocycles. The van der Waals surface area contributed by atoms with Gasteiger partial charge in [-0.05, 0) is 30.3 Å². The van der Waals surface area contributed by atoms with E-state index in [0.717, 1.165) is 6.26 Å². The predicted octanol–water partition coefficient (Wildman–Crippen LogP) is 1.23. The van der Waals surface area contributed by atoms with Gasteiger partial charge < -0.3 is 5.32 Å². The zero-order valence-corrected chi connectivity index (χ0v) is 13.3. The fraction of sp³-hybridized carbons (Fsp3) is 0.0625. The van der Waals surface area contributed by atoms with Gasteiger partial charge in [-0.2, -0.15) is 0 Å². The quantitative estimate of drug-likeness (QED) is 0.814. The van der Waals surface area contributed by atoms with Crippen LogP contribution < -0.4 is 10.6 Å². The summed E-state index contributed by atoms with van der Waals surface area (Å²) in [5.41, 5.74) is 0.677. The molecular formula is C16H12N2O5S. The molecule has 8 heteroatoms. The highest BCUT2D eigenvalue weighted by atomic mass is 32.2. The van der Waals surface area contributed by atoms with Crippen molar-refractivity contribution in [2.45, 2.75) is 4.90 Å². The highest BCUT2D eigenvalue weighted by molar-refractivity contribution is 7.90. The lowest BCUT2D eigenvalue weighted by atomic mass is 10.1. The fourth-order valence-electron chi connectivity index (χ4n) is 2.42. The van der Waals surface area contributed by atoms with E-state index in [1.54, 1.807) is 6.07 Å². The van der Waals surface area contributed by atoms with Crippen LogP contribution in [-0.2, 0) is 9.84 Å². The van der Waals surface area contributed by atoms with Gasteiger partial charge in [-0.1, -0.05) is 12.1 Å². The maximum absolute atomic E-state index is 12.4. The first-order valence-electron chi connectivity index (χ1n) is 6.87. The number of anilines is 1. The Hall–Kier alpha value is -3.00. The molecular weight excluding hydrogens is 332 g/mol. The van der Waals surface area contributed by atoms with Gasteiger partial charge in [-0.3, -0.25) is 19.7 Å². The number of sulfone groups is 1. The summed E-state index contributed by atoms with van der Waals surface area (Å²) in [5, 5.41) is 4.69. The maximum Gasteiger partial charge on any atom is 0.259 e. The molecule has 0 fully saturated rings. The van der Waals surface area contributed by atoms with E-state index in [1.807, 2.05) is 0 Å². The van der Waals surface area contributed by atoms with Crippen LogP contribution in [0.3, 0.4) is 0 Å². The summed E-state index contributed by atoms with van der Waals surface area (Å²) in [5.74, 6) is -1.65. The fourth-order valence-corrected chi connectivity index (χ4v) is 3.31. The van der Waals surface area contributed by atoms with E-state index in [0.29, 0.717) is 0 Å². The Kier molecular flexibility index (Phi) is 3.69. The van der Waals surface area contributed by atoms with Crippen LogP contribution in [0.25, 0.3) is 0 Å². The Morgan fingerprint density at radius 1 is 1.00 bits per heavy atom. The summed E-state index contributed by atoms with van der Waals surface area (Å²) >= 11 is 0. The Morgan fingerprint density at radius 2 is 1.67 bits per heavy atom. The van der Waals surface area contributed by atoms with Crippen molar-refractivity contribution < 1.29 is 22.8 Å². The van der Waals surface area contributed by atoms with E-state index in [4.69, 9.17) is 0 Å². The minimum Gasteiger partial charge on any atom is -0.322 e. The van der Waals surface area contributed by atoms with E-state index in [1.165, 1.54) is 36.4 Å². The lowest BCUT2D eigenvalue weighted by molar-refractivity contribution is 0.0878. The minimum absolute atomic E-state index is 0.000950. The summed E-state index contributed by atoms with van der Waals surface area (Å²) in [6, 6.07) is 10.1. The summed E-state index contributed by atoms with van der Waals surface area (Å²) in [6.07, 6.45) is 1.02. The Labute approximate surface area is 137 Å². The number of fused-ring (bicyclic) bond motifs is 1. The van der Waals surface area contributed by atoms with Gasteiger partial charge in [0, 0.05) is 11.9 Å². The molecule has 0 bridgehead atoms. The van der Waals surface area contributed by atoms with Crippen molar-refractivity contribution in [2.75, 3.05) is 11.6 Å². The van der Waals surface area contributed by atoms with Gasteiger partial charge in [0.25, 0.3) is 17.7 Å². The normalized spacial score (nSPS) is 13.4. The van der Waals surface area contributed by atoms with Gasteiger partial charge >= 0.3 is 0 Å². The molecule has 0 aliphatic carbocycles. The summed E-state index contributed by atoms with van der Waals surface area (Å²) in [6.45, 7) is 0. The van der Waals surface area contributed by atoms with Crippen molar-refractivity contribution in [3.05, 3.63) is 59.2 Å². The van der Waals surface area contributed by atoms with Crippen LogP contribution in [0.5, 0.6) is 0 Å². The van der Waals surface area contributed by atoms with Crippen LogP contribution in [0.1, 0.15) is 31.1 Å². The highest BCUT2D eigenvalue weighted by Crippen LogP contribution is 2.22. The summed E-state index contributed by atoms with van der Waals surface area (Å²) in [4.78, 5) is 35.4. The number of carbonyl (C=O) groups is 3. The van der Waals surface area contributed by atoms with Crippen molar-refractivity contribution in [1.29, 1.82) is 0 Å². The first kappa shape index (κ1) is 15.9. The van der Waals surface area contributed by atoms with Gasteiger partial charge in [0.05, 0.1) is 21.6 Å². The average Bonchev–Trinajstić information content (AvgIpc) is 2.81. The lowest BCUT2D eigenvalue weighted by Crippen LogP contribution is -2.19. The average molecular weight is 344 g/mol. The standard InChI is InChI=1S/C16H12N2O5S/c1-24(22,23)13-5-3-2-4-11(13)15(20)17-9-6-7-10-12(8-9)16(21)18-14(10)19/h2-8H,1H3,(H,17,20)(H,18,19,21). The number of nitrogens with one attached hydrogen (secondary N) is 2. The van der Waals surface area contributed by atoms with Gasteiger partial charge in [0.15, 0.2) is 9.84 Å². The zero-order chi connectivity index (χ0) is 17.5. The van der Waals surface area contributed by atoms with Crippen LogP contribution >= 0.6 is 0 Å². The molecule has 1 heterocycles. The number of rotatable bonds is 3. The molecule has 1 aliphatic heterocycles. The van der Waals surface area contributed by atoms with E-state index >= 15 is 0 Å². The third-order valence-electron chi connectivity index (χ3n) is 3.52. The van der Waals surface area contributed by atoms with Crippen LogP contribution in [-0.4, -0.2) is 32.4 Å². The molecule has 7 nitrogen and oxygen atoms in total. The largest absolute Gasteiger partial charge is 0.322 e. The van der Waals surface area contributed by atoms with Crippen LogP contribution in [0.15, 0.2) is 47.4 Å². The van der Waals surface area contributed by atoms with Crippen LogP contribution in [0.2, 0.25) is 0 Å². The Balaban J connectivity index is 1.94. The van der Waals surface area contributed by atoms with Gasteiger partial charge in [0.1, 0.15) is 0 Å². The van der Waals surface area contributed by atoms with Crippen LogP contribution in [0.4, 0.5) is 5.69 Å². The van der Waals surface area contributed by atoms with Gasteiger partial charge in [-0.15, -0.1) is 0 Å². The molecule has 2 N–H and O–H groups in total. The molecule has 3 amide bonds. The Morgan fingerprint density at radius 3 is 2.38 bits per heavy atom. The molecule has 0 radical (unpaired) electrons. The molecule has 1 aliphatic rings. The van der Waals surface area contributed by atoms with Crippen molar-refractivity contribution >= 4 is 33.2 Å². The second kappa shape index (κ2) is 5.57. The minimum atomic E-state index is -3.57. The van der Waals surface area contributed by atoms with Crippen molar-refractivity contribution in [3.8, 4) is 0 Å². The Bertz CT molecular complexity index is 995. The molecule has 0 atom stereocenters. The van der Waals surface area contributed by atoms with Crippen molar-refractivity contribution in [1.82, 2.24) is 5.32 Å². The van der Waals surface area contributed by atoms with Crippen molar-refractivity contribution in [2.24, 2.45) is 0 Å². The number of benzene rings is 2. The number of hydrogen-bond acceptors (Lipinski definition) is 5. The van der Waals surface area contributed by atoms with Crippen LogP contribution in [0, 0.1) is 0 Å². The molecule has 0 aromatic heterocycles. The number of amides is 3. The number of imide groups is 1. The van der Waals surface area contributed by atoms with Gasteiger partial charge in [0.2, 0.25) is 0 Å². The maximum atomic E-state index is 12.4. The molecule has 2 aromatic rings. The topological polar surface area (TPSA) is 109 Å². The van der Waals surface area contributed by atoms with Crippen molar-refractivity contribution in [3.63, 3.8) is 0 Å². The van der Waals surface area contributed by atoms with E-state index in [-0.39, 0.29) is 27.3 Å². The number of hydrogen-bond donors (Lipinski definition) is 2. The lowest BCUT2D eigenvalue weighted by Gasteiger charge is -2.09. The molecule has 24 heavy (non-hydrogen) atoms. The molecule has 122 valence electrons. The predicted molar refractivity (Wildman–Crippen MR) is 85.7 cm³/mol. The third kappa shape index (κ3) is 2.79.